The molecule has 3 rings (SSSR count). The summed E-state index contributed by atoms with van der Waals surface area (Å²) in [5.41, 5.74) is 2.02. The summed E-state index contributed by atoms with van der Waals surface area (Å²) in [4.78, 5) is 0. The van der Waals surface area contributed by atoms with E-state index >= 15 is 0 Å². The Bertz CT molecular complexity index is 288. The Morgan fingerprint density at radius 3 is 2.81 bits per heavy atom. The molecule has 0 radical (unpaired) electrons. The third kappa shape index (κ3) is 1.64. The molecule has 2 saturated carbocycles. The van der Waals surface area contributed by atoms with Crippen molar-refractivity contribution >= 4 is 0 Å². The zero-order chi connectivity index (χ0) is 11.0. The van der Waals surface area contributed by atoms with Crippen molar-refractivity contribution in [2.45, 2.75) is 63.9 Å². The lowest BCUT2D eigenvalue weighted by Crippen LogP contribution is -2.66. The van der Waals surface area contributed by atoms with Crippen molar-refractivity contribution in [3.05, 3.63) is 11.6 Å². The van der Waals surface area contributed by atoms with Crippen molar-refractivity contribution in [2.24, 2.45) is 11.8 Å². The fraction of sp³-hybridized carbons (Fsp3) is 0.867. The smallest absolute Gasteiger partial charge is 0.0772 e. The Labute approximate surface area is 99.3 Å². The Hall–Kier alpha value is -0.300. The number of fused-ring (bicyclic) bond motifs is 1. The van der Waals surface area contributed by atoms with Gasteiger partial charge in [0.05, 0.1) is 12.2 Å². The molecule has 1 heteroatoms. The van der Waals surface area contributed by atoms with Crippen molar-refractivity contribution in [1.82, 2.24) is 0 Å². The first-order valence-electron chi connectivity index (χ1n) is 7.16. The Morgan fingerprint density at radius 1 is 1.44 bits per heavy atom. The van der Waals surface area contributed by atoms with Gasteiger partial charge in [0.15, 0.2) is 0 Å². The maximum atomic E-state index is 5.90. The highest BCUT2D eigenvalue weighted by molar-refractivity contribution is 5.17. The number of hydrogen-bond donors (Lipinski definition) is 0. The van der Waals surface area contributed by atoms with Crippen LogP contribution in [0.15, 0.2) is 11.6 Å². The normalized spacial score (nSPS) is 40.4. The van der Waals surface area contributed by atoms with Crippen LogP contribution in [0.25, 0.3) is 0 Å². The van der Waals surface area contributed by atoms with Crippen LogP contribution >= 0.6 is 0 Å². The second-order valence-corrected chi connectivity index (χ2v) is 6.01. The predicted octanol–water partition coefficient (Wildman–Crippen LogP) is 4.08. The minimum atomic E-state index is 0.320. The summed E-state index contributed by atoms with van der Waals surface area (Å²) in [5, 5.41) is 0. The van der Waals surface area contributed by atoms with Crippen LogP contribution in [-0.4, -0.2) is 12.2 Å². The Morgan fingerprint density at radius 2 is 2.31 bits per heavy atom. The summed E-state index contributed by atoms with van der Waals surface area (Å²) >= 11 is 0. The fourth-order valence-electron chi connectivity index (χ4n) is 3.58. The predicted molar refractivity (Wildman–Crippen MR) is 66.4 cm³/mol. The number of unbranched alkanes of at least 4 members (excludes halogenated alkanes) is 1. The third-order valence-electron chi connectivity index (χ3n) is 5.06. The highest BCUT2D eigenvalue weighted by atomic mass is 16.5. The summed E-state index contributed by atoms with van der Waals surface area (Å²) in [6.45, 7) is 3.35. The minimum absolute atomic E-state index is 0.320. The van der Waals surface area contributed by atoms with Gasteiger partial charge >= 0.3 is 0 Å². The number of allylic oxidation sites excluding steroid dienone is 1. The standard InChI is InChI=1S/C15H24O/c1-2-3-7-13-10-15(14(13)11-16-15)9-8-12-5-4-6-12/h8,13-14H,2-7,9-11H2,1H3. The van der Waals surface area contributed by atoms with E-state index in [-0.39, 0.29) is 0 Å². The molecule has 1 saturated heterocycles. The molecule has 1 heterocycles. The van der Waals surface area contributed by atoms with Gasteiger partial charge in [0, 0.05) is 5.92 Å². The van der Waals surface area contributed by atoms with Gasteiger partial charge in [0.25, 0.3) is 0 Å². The molecule has 3 aliphatic rings. The van der Waals surface area contributed by atoms with Crippen molar-refractivity contribution in [2.75, 3.05) is 6.61 Å². The van der Waals surface area contributed by atoms with Crippen LogP contribution in [-0.2, 0) is 4.74 Å². The van der Waals surface area contributed by atoms with E-state index in [0.29, 0.717) is 5.60 Å². The van der Waals surface area contributed by atoms with Crippen molar-refractivity contribution < 1.29 is 4.74 Å². The zero-order valence-corrected chi connectivity index (χ0v) is 10.5. The van der Waals surface area contributed by atoms with E-state index in [1.807, 2.05) is 0 Å². The highest BCUT2D eigenvalue weighted by Gasteiger charge is 2.60. The molecule has 2 aliphatic carbocycles. The molecular weight excluding hydrogens is 196 g/mol. The number of ether oxygens (including phenoxy) is 1. The van der Waals surface area contributed by atoms with Crippen LogP contribution in [0.4, 0.5) is 0 Å². The molecule has 1 nitrogen and oxygen atoms in total. The first kappa shape index (κ1) is 10.8. The molecule has 1 aliphatic heterocycles. The molecule has 3 atom stereocenters. The summed E-state index contributed by atoms with van der Waals surface area (Å²) in [6.07, 6.45) is 13.4. The van der Waals surface area contributed by atoms with Crippen LogP contribution in [0.3, 0.4) is 0 Å². The highest BCUT2D eigenvalue weighted by Crippen LogP contribution is 2.57. The van der Waals surface area contributed by atoms with Gasteiger partial charge in [-0.15, -0.1) is 0 Å². The second-order valence-electron chi connectivity index (χ2n) is 6.01. The summed E-state index contributed by atoms with van der Waals surface area (Å²) in [5.74, 6) is 1.91. The molecule has 90 valence electrons. The monoisotopic (exact) mass is 220 g/mol. The molecule has 0 N–H and O–H groups in total. The largest absolute Gasteiger partial charge is 0.374 e. The number of hydrogen-bond acceptors (Lipinski definition) is 1. The maximum Gasteiger partial charge on any atom is 0.0772 e. The van der Waals surface area contributed by atoms with E-state index in [2.05, 4.69) is 13.0 Å². The lowest BCUT2D eigenvalue weighted by molar-refractivity contribution is -0.293. The molecule has 0 spiro atoms. The lowest BCUT2D eigenvalue weighted by Gasteiger charge is -2.63. The molecule has 0 aromatic carbocycles. The maximum absolute atomic E-state index is 5.90. The van der Waals surface area contributed by atoms with Crippen LogP contribution in [0.5, 0.6) is 0 Å². The van der Waals surface area contributed by atoms with Gasteiger partial charge < -0.3 is 4.74 Å². The van der Waals surface area contributed by atoms with E-state index in [4.69, 9.17) is 4.74 Å². The minimum Gasteiger partial charge on any atom is -0.374 e. The van der Waals surface area contributed by atoms with Crippen molar-refractivity contribution in [3.8, 4) is 0 Å². The fourth-order valence-corrected chi connectivity index (χ4v) is 3.58. The van der Waals surface area contributed by atoms with Crippen LogP contribution in [0, 0.1) is 11.8 Å². The molecule has 0 amide bonds. The van der Waals surface area contributed by atoms with Gasteiger partial charge in [0.2, 0.25) is 0 Å². The quantitative estimate of drug-likeness (QED) is 0.634. The lowest BCUT2D eigenvalue weighted by atomic mass is 9.55. The van der Waals surface area contributed by atoms with Gasteiger partial charge in [-0.1, -0.05) is 31.4 Å². The molecule has 0 aromatic rings. The van der Waals surface area contributed by atoms with Crippen LogP contribution in [0.1, 0.15) is 58.3 Å². The average molecular weight is 220 g/mol. The van der Waals surface area contributed by atoms with Gasteiger partial charge in [-0.05, 0) is 44.4 Å². The summed E-state index contributed by atoms with van der Waals surface area (Å²) < 4.78 is 5.90. The van der Waals surface area contributed by atoms with Gasteiger partial charge in [-0.3, -0.25) is 0 Å². The van der Waals surface area contributed by atoms with Crippen LogP contribution in [0.2, 0.25) is 0 Å². The summed E-state index contributed by atoms with van der Waals surface area (Å²) in [6, 6.07) is 0. The summed E-state index contributed by atoms with van der Waals surface area (Å²) in [7, 11) is 0. The molecule has 0 aromatic heterocycles. The SMILES string of the molecule is CCCCC1CC2(CC=C3CCC3)OCC12. The van der Waals surface area contributed by atoms with E-state index in [0.717, 1.165) is 18.4 Å². The van der Waals surface area contributed by atoms with Crippen LogP contribution < -0.4 is 0 Å². The molecule has 16 heavy (non-hydrogen) atoms. The molecular formula is C15H24O. The Balaban J connectivity index is 1.49. The molecule has 0 bridgehead atoms. The molecule has 3 fully saturated rings. The van der Waals surface area contributed by atoms with E-state index in [1.54, 1.807) is 5.57 Å². The first-order chi connectivity index (χ1) is 7.84. The van der Waals surface area contributed by atoms with Crippen molar-refractivity contribution in [3.63, 3.8) is 0 Å². The second kappa shape index (κ2) is 4.18. The number of rotatable bonds is 5. The van der Waals surface area contributed by atoms with Gasteiger partial charge in [-0.25, -0.2) is 0 Å². The van der Waals surface area contributed by atoms with E-state index in [9.17, 15) is 0 Å². The van der Waals surface area contributed by atoms with Crippen molar-refractivity contribution in [1.29, 1.82) is 0 Å². The average Bonchev–Trinajstić information content (AvgIpc) is 2.20. The topological polar surface area (TPSA) is 9.23 Å². The Kier molecular flexibility index (Phi) is 2.83. The molecule has 3 unspecified atom stereocenters. The van der Waals surface area contributed by atoms with E-state index < -0.39 is 0 Å². The third-order valence-corrected chi connectivity index (χ3v) is 5.06. The first-order valence-corrected chi connectivity index (χ1v) is 7.16. The zero-order valence-electron chi connectivity index (χ0n) is 10.5. The van der Waals surface area contributed by atoms with Gasteiger partial charge in [0.1, 0.15) is 0 Å². The van der Waals surface area contributed by atoms with Gasteiger partial charge in [-0.2, -0.15) is 0 Å². The van der Waals surface area contributed by atoms with E-state index in [1.165, 1.54) is 51.4 Å².